The topological polar surface area (TPSA) is 0 Å². The van der Waals surface area contributed by atoms with Gasteiger partial charge in [-0.3, -0.25) is 0 Å². The van der Waals surface area contributed by atoms with Gasteiger partial charge in [0.2, 0.25) is 0 Å². The van der Waals surface area contributed by atoms with Crippen LogP contribution in [0.1, 0.15) is 27.1 Å². The summed E-state index contributed by atoms with van der Waals surface area (Å²) < 4.78 is 27.1. The molecule has 4 heteroatoms. The van der Waals surface area contributed by atoms with Gasteiger partial charge in [-0.25, -0.2) is 8.78 Å². The van der Waals surface area contributed by atoms with Gasteiger partial charge < -0.3 is 0 Å². The highest BCUT2D eigenvalue weighted by molar-refractivity contribution is 9.09. The first-order valence-electron chi connectivity index (χ1n) is 5.77. The molecule has 2 aromatic rings. The molecule has 1 heterocycles. The van der Waals surface area contributed by atoms with Gasteiger partial charge in [-0.1, -0.05) is 28.9 Å². The van der Waals surface area contributed by atoms with Crippen LogP contribution in [-0.4, -0.2) is 0 Å². The Morgan fingerprint density at radius 3 is 2.39 bits per heavy atom. The smallest absolute Gasteiger partial charge is 0.129 e. The Labute approximate surface area is 118 Å². The van der Waals surface area contributed by atoms with Crippen molar-refractivity contribution >= 4 is 27.3 Å². The van der Waals surface area contributed by atoms with E-state index in [-0.39, 0.29) is 10.4 Å². The van der Waals surface area contributed by atoms with Crippen LogP contribution >= 0.6 is 27.3 Å². The van der Waals surface area contributed by atoms with Gasteiger partial charge >= 0.3 is 0 Å². The zero-order valence-electron chi connectivity index (χ0n) is 9.92. The lowest BCUT2D eigenvalue weighted by atomic mass is 10.1. The molecule has 0 saturated carbocycles. The molecular formula is C14H13BrF2S. The summed E-state index contributed by atoms with van der Waals surface area (Å²) in [5, 5.41) is 0. The standard InChI is InChI=1S/C14H13BrF2S/c1-2-9-6-7-14(18-9)11(15)8-10-12(16)4-3-5-13(10)17/h3-7,11H,2,8H2,1H3. The zero-order valence-corrected chi connectivity index (χ0v) is 12.3. The van der Waals surface area contributed by atoms with E-state index in [1.54, 1.807) is 11.3 Å². The van der Waals surface area contributed by atoms with Crippen molar-refractivity contribution in [3.8, 4) is 0 Å². The molecule has 2 rings (SSSR count). The van der Waals surface area contributed by atoms with Crippen molar-refractivity contribution in [3.05, 3.63) is 57.3 Å². The monoisotopic (exact) mass is 330 g/mol. The van der Waals surface area contributed by atoms with E-state index in [0.29, 0.717) is 6.42 Å². The lowest BCUT2D eigenvalue weighted by Crippen LogP contribution is -1.99. The highest BCUT2D eigenvalue weighted by Crippen LogP contribution is 2.33. The SMILES string of the molecule is CCc1ccc(C(Br)Cc2c(F)cccc2F)s1. The number of aryl methyl sites for hydroxylation is 1. The molecule has 0 amide bonds. The van der Waals surface area contributed by atoms with Crippen LogP contribution in [0.15, 0.2) is 30.3 Å². The molecule has 18 heavy (non-hydrogen) atoms. The van der Waals surface area contributed by atoms with E-state index < -0.39 is 11.6 Å². The van der Waals surface area contributed by atoms with Crippen molar-refractivity contribution in [2.75, 3.05) is 0 Å². The fraction of sp³-hybridized carbons (Fsp3) is 0.286. The summed E-state index contributed by atoms with van der Waals surface area (Å²) in [6.45, 7) is 2.09. The second-order valence-electron chi connectivity index (χ2n) is 4.03. The minimum atomic E-state index is -0.480. The first-order chi connectivity index (χ1) is 8.61. The molecule has 0 saturated heterocycles. The van der Waals surface area contributed by atoms with Crippen molar-refractivity contribution in [1.29, 1.82) is 0 Å². The van der Waals surface area contributed by atoms with Crippen LogP contribution in [0.25, 0.3) is 0 Å². The molecule has 1 aromatic carbocycles. The number of thiophene rings is 1. The first kappa shape index (κ1) is 13.7. The molecule has 0 radical (unpaired) electrons. The Bertz CT molecular complexity index is 516. The minimum absolute atomic E-state index is 0.0470. The molecule has 0 fully saturated rings. The van der Waals surface area contributed by atoms with Gasteiger partial charge in [-0.15, -0.1) is 11.3 Å². The second kappa shape index (κ2) is 5.93. The Morgan fingerprint density at radius 2 is 1.83 bits per heavy atom. The van der Waals surface area contributed by atoms with Crippen LogP contribution < -0.4 is 0 Å². The number of halogens is 3. The maximum absolute atomic E-state index is 13.5. The van der Waals surface area contributed by atoms with Crippen LogP contribution in [0, 0.1) is 11.6 Å². The largest absolute Gasteiger partial charge is 0.207 e. The summed E-state index contributed by atoms with van der Waals surface area (Å²) in [7, 11) is 0. The van der Waals surface area contributed by atoms with Gasteiger partial charge in [-0.2, -0.15) is 0 Å². The van der Waals surface area contributed by atoms with E-state index in [1.807, 2.05) is 6.07 Å². The Hall–Kier alpha value is -0.740. The normalized spacial score (nSPS) is 12.7. The molecule has 1 aromatic heterocycles. The summed E-state index contributed by atoms with van der Waals surface area (Å²) in [4.78, 5) is 2.34. The summed E-state index contributed by atoms with van der Waals surface area (Å²) in [6.07, 6.45) is 1.31. The van der Waals surface area contributed by atoms with E-state index in [4.69, 9.17) is 0 Å². The van der Waals surface area contributed by atoms with E-state index in [0.717, 1.165) is 11.3 Å². The van der Waals surface area contributed by atoms with Gasteiger partial charge in [0, 0.05) is 15.3 Å². The Kier molecular flexibility index (Phi) is 4.51. The van der Waals surface area contributed by atoms with Gasteiger partial charge in [0.15, 0.2) is 0 Å². The van der Waals surface area contributed by atoms with Crippen LogP contribution in [0.4, 0.5) is 8.78 Å². The van der Waals surface area contributed by atoms with Gasteiger partial charge in [-0.05, 0) is 37.1 Å². The molecular weight excluding hydrogens is 318 g/mol. The zero-order chi connectivity index (χ0) is 13.1. The summed E-state index contributed by atoms with van der Waals surface area (Å²) in [5.74, 6) is -0.960. The second-order valence-corrected chi connectivity index (χ2v) is 6.33. The van der Waals surface area contributed by atoms with E-state index >= 15 is 0 Å². The third-order valence-electron chi connectivity index (χ3n) is 2.78. The summed E-state index contributed by atoms with van der Waals surface area (Å²) >= 11 is 5.19. The number of alkyl halides is 1. The Balaban J connectivity index is 2.18. The first-order valence-corrected chi connectivity index (χ1v) is 7.50. The molecule has 0 aliphatic carbocycles. The number of benzene rings is 1. The maximum atomic E-state index is 13.5. The van der Waals surface area contributed by atoms with Crippen molar-refractivity contribution < 1.29 is 8.78 Å². The molecule has 0 aliphatic heterocycles. The number of hydrogen-bond donors (Lipinski definition) is 0. The summed E-state index contributed by atoms with van der Waals surface area (Å²) in [6, 6.07) is 8.05. The fourth-order valence-electron chi connectivity index (χ4n) is 1.76. The molecule has 0 aliphatic rings. The maximum Gasteiger partial charge on any atom is 0.129 e. The molecule has 0 spiro atoms. The van der Waals surface area contributed by atoms with Crippen LogP contribution in [-0.2, 0) is 12.8 Å². The van der Waals surface area contributed by atoms with Gasteiger partial charge in [0.1, 0.15) is 11.6 Å². The molecule has 0 bridgehead atoms. The quantitative estimate of drug-likeness (QED) is 0.670. The van der Waals surface area contributed by atoms with Crippen molar-refractivity contribution in [3.63, 3.8) is 0 Å². The lowest BCUT2D eigenvalue weighted by molar-refractivity contribution is 0.554. The van der Waals surface area contributed by atoms with Crippen LogP contribution in [0.3, 0.4) is 0 Å². The minimum Gasteiger partial charge on any atom is -0.207 e. The number of rotatable bonds is 4. The predicted molar refractivity (Wildman–Crippen MR) is 75.4 cm³/mol. The molecule has 1 atom stereocenters. The molecule has 0 nitrogen and oxygen atoms in total. The third kappa shape index (κ3) is 2.98. The van der Waals surface area contributed by atoms with E-state index in [9.17, 15) is 8.78 Å². The number of hydrogen-bond acceptors (Lipinski definition) is 1. The lowest BCUT2D eigenvalue weighted by Gasteiger charge is -2.09. The average Bonchev–Trinajstić information content (AvgIpc) is 2.82. The molecule has 96 valence electrons. The van der Waals surface area contributed by atoms with Crippen molar-refractivity contribution in [1.82, 2.24) is 0 Å². The van der Waals surface area contributed by atoms with Crippen molar-refractivity contribution in [2.24, 2.45) is 0 Å². The van der Waals surface area contributed by atoms with Gasteiger partial charge in [0.05, 0.1) is 4.83 Å². The van der Waals surface area contributed by atoms with E-state index in [2.05, 4.69) is 28.9 Å². The van der Waals surface area contributed by atoms with Crippen molar-refractivity contribution in [2.45, 2.75) is 24.6 Å². The van der Waals surface area contributed by atoms with Gasteiger partial charge in [0.25, 0.3) is 0 Å². The molecule has 1 unspecified atom stereocenters. The fourth-order valence-corrected chi connectivity index (χ4v) is 3.45. The van der Waals surface area contributed by atoms with Crippen LogP contribution in [0.2, 0.25) is 0 Å². The third-order valence-corrected chi connectivity index (χ3v) is 5.25. The highest BCUT2D eigenvalue weighted by Gasteiger charge is 2.16. The molecule has 0 N–H and O–H groups in total. The van der Waals surface area contributed by atoms with Crippen LogP contribution in [0.5, 0.6) is 0 Å². The van der Waals surface area contributed by atoms with E-state index in [1.165, 1.54) is 23.1 Å². The Morgan fingerprint density at radius 1 is 1.17 bits per heavy atom. The highest BCUT2D eigenvalue weighted by atomic mass is 79.9. The summed E-state index contributed by atoms with van der Waals surface area (Å²) in [5.41, 5.74) is 0.144. The predicted octanol–water partition coefficient (Wildman–Crippen LogP) is 5.27. The average molecular weight is 331 g/mol.